The average Bonchev–Trinajstić information content (AvgIpc) is 2.35. The number of para-hydroxylation sites is 1. The molecule has 4 nitrogen and oxygen atoms in total. The van der Waals surface area contributed by atoms with Crippen LogP contribution in [-0.2, 0) is 11.3 Å². The molecule has 0 aliphatic rings. The van der Waals surface area contributed by atoms with E-state index in [0.717, 1.165) is 17.9 Å². The molecule has 1 N–H and O–H groups in total. The highest BCUT2D eigenvalue weighted by Crippen LogP contribution is 2.20. The van der Waals surface area contributed by atoms with E-state index in [2.05, 4.69) is 4.90 Å². The summed E-state index contributed by atoms with van der Waals surface area (Å²) in [5.41, 5.74) is 1.08. The van der Waals surface area contributed by atoms with Crippen molar-refractivity contribution in [1.82, 2.24) is 4.90 Å². The molecule has 0 radical (unpaired) electrons. The normalized spacial score (nSPS) is 12.4. The van der Waals surface area contributed by atoms with E-state index in [4.69, 9.17) is 9.84 Å². The van der Waals surface area contributed by atoms with E-state index in [1.54, 1.807) is 7.11 Å². The van der Waals surface area contributed by atoms with Crippen molar-refractivity contribution in [3.8, 4) is 5.75 Å². The molecule has 1 rings (SSSR count). The minimum absolute atomic E-state index is 0.0115. The molecular formula is C14H21NO3. The summed E-state index contributed by atoms with van der Waals surface area (Å²) in [6, 6.07) is 7.84. The largest absolute Gasteiger partial charge is 0.496 e. The van der Waals surface area contributed by atoms with E-state index in [0.29, 0.717) is 6.54 Å². The number of hydrogen-bond acceptors (Lipinski definition) is 3. The molecule has 0 heterocycles. The van der Waals surface area contributed by atoms with E-state index >= 15 is 0 Å². The molecule has 18 heavy (non-hydrogen) atoms. The Morgan fingerprint density at radius 2 is 2.11 bits per heavy atom. The van der Waals surface area contributed by atoms with Gasteiger partial charge in [-0.1, -0.05) is 25.1 Å². The van der Waals surface area contributed by atoms with Crippen LogP contribution in [0.5, 0.6) is 5.75 Å². The fourth-order valence-electron chi connectivity index (χ4n) is 2.01. The van der Waals surface area contributed by atoms with Crippen LogP contribution in [0.25, 0.3) is 0 Å². The molecule has 1 unspecified atom stereocenters. The molecule has 1 aromatic rings. The number of nitrogens with zero attached hydrogens (tertiary/aromatic N) is 1. The van der Waals surface area contributed by atoms with Gasteiger partial charge in [0.05, 0.1) is 13.5 Å². The van der Waals surface area contributed by atoms with E-state index in [1.165, 1.54) is 0 Å². The Morgan fingerprint density at radius 3 is 2.67 bits per heavy atom. The van der Waals surface area contributed by atoms with Gasteiger partial charge in [-0.25, -0.2) is 0 Å². The first-order valence-electron chi connectivity index (χ1n) is 6.16. The van der Waals surface area contributed by atoms with Crippen LogP contribution in [0.4, 0.5) is 0 Å². The lowest BCUT2D eigenvalue weighted by Crippen LogP contribution is -2.34. The van der Waals surface area contributed by atoms with Crippen LogP contribution in [0, 0.1) is 0 Å². The van der Waals surface area contributed by atoms with Gasteiger partial charge in [0.2, 0.25) is 0 Å². The van der Waals surface area contributed by atoms with Crippen molar-refractivity contribution < 1.29 is 14.6 Å². The number of benzene rings is 1. The van der Waals surface area contributed by atoms with Gasteiger partial charge in [0.1, 0.15) is 5.75 Å². The zero-order valence-electron chi connectivity index (χ0n) is 11.2. The van der Waals surface area contributed by atoms with Crippen molar-refractivity contribution in [2.24, 2.45) is 0 Å². The van der Waals surface area contributed by atoms with Crippen LogP contribution < -0.4 is 4.74 Å². The summed E-state index contributed by atoms with van der Waals surface area (Å²) in [6.45, 7) is 5.49. The summed E-state index contributed by atoms with van der Waals surface area (Å²) >= 11 is 0. The molecule has 0 aliphatic carbocycles. The van der Waals surface area contributed by atoms with Crippen LogP contribution in [0.3, 0.4) is 0 Å². The topological polar surface area (TPSA) is 49.8 Å². The number of carbonyl (C=O) groups is 1. The quantitative estimate of drug-likeness (QED) is 0.808. The molecule has 0 spiro atoms. The molecule has 0 aliphatic heterocycles. The Hall–Kier alpha value is -1.55. The monoisotopic (exact) mass is 251 g/mol. The van der Waals surface area contributed by atoms with Crippen LogP contribution >= 0.6 is 0 Å². The van der Waals surface area contributed by atoms with Crippen molar-refractivity contribution in [2.75, 3.05) is 13.7 Å². The van der Waals surface area contributed by atoms with Gasteiger partial charge in [-0.15, -0.1) is 0 Å². The van der Waals surface area contributed by atoms with Gasteiger partial charge >= 0.3 is 5.97 Å². The van der Waals surface area contributed by atoms with Gasteiger partial charge in [-0.2, -0.15) is 0 Å². The summed E-state index contributed by atoms with van der Waals surface area (Å²) in [4.78, 5) is 12.9. The Balaban J connectivity index is 2.75. The van der Waals surface area contributed by atoms with Gasteiger partial charge in [0.25, 0.3) is 0 Å². The second-order valence-corrected chi connectivity index (χ2v) is 4.32. The Morgan fingerprint density at radius 1 is 1.44 bits per heavy atom. The molecule has 1 atom stereocenters. The van der Waals surface area contributed by atoms with E-state index < -0.39 is 5.97 Å². The number of carboxylic acids is 1. The lowest BCUT2D eigenvalue weighted by atomic mass is 10.1. The summed E-state index contributed by atoms with van der Waals surface area (Å²) in [7, 11) is 1.65. The zero-order chi connectivity index (χ0) is 13.5. The van der Waals surface area contributed by atoms with Crippen LogP contribution in [-0.4, -0.2) is 35.7 Å². The predicted octanol–water partition coefficient (Wildman–Crippen LogP) is 2.38. The first-order valence-corrected chi connectivity index (χ1v) is 6.16. The predicted molar refractivity (Wildman–Crippen MR) is 70.8 cm³/mol. The molecule has 0 saturated carbocycles. The second-order valence-electron chi connectivity index (χ2n) is 4.32. The van der Waals surface area contributed by atoms with Gasteiger partial charge in [-0.3, -0.25) is 9.69 Å². The number of methoxy groups -OCH3 is 1. The van der Waals surface area contributed by atoms with Crippen molar-refractivity contribution >= 4 is 5.97 Å². The number of rotatable bonds is 7. The Bertz CT molecular complexity index is 392. The van der Waals surface area contributed by atoms with Crippen molar-refractivity contribution in [3.63, 3.8) is 0 Å². The highest BCUT2D eigenvalue weighted by molar-refractivity contribution is 5.67. The maximum Gasteiger partial charge on any atom is 0.304 e. The lowest BCUT2D eigenvalue weighted by Gasteiger charge is -2.27. The Kier molecular flexibility index (Phi) is 5.65. The molecule has 1 aromatic carbocycles. The van der Waals surface area contributed by atoms with Gasteiger partial charge in [-0.05, 0) is 19.5 Å². The zero-order valence-corrected chi connectivity index (χ0v) is 11.2. The molecule has 0 bridgehead atoms. The van der Waals surface area contributed by atoms with Crippen LogP contribution in [0.1, 0.15) is 25.8 Å². The standard InChI is InChI=1S/C14H21NO3/c1-4-15(11(2)9-14(16)17)10-12-7-5-6-8-13(12)18-3/h5-8,11H,4,9-10H2,1-3H3,(H,16,17). The molecule has 0 fully saturated rings. The van der Waals surface area contributed by atoms with Crippen LogP contribution in [0.2, 0.25) is 0 Å². The van der Waals surface area contributed by atoms with E-state index in [9.17, 15) is 4.79 Å². The van der Waals surface area contributed by atoms with E-state index in [1.807, 2.05) is 38.1 Å². The molecule has 0 aromatic heterocycles. The molecule has 0 amide bonds. The lowest BCUT2D eigenvalue weighted by molar-refractivity contribution is -0.138. The molecule has 0 saturated heterocycles. The number of aliphatic carboxylic acids is 1. The summed E-state index contributed by atoms with van der Waals surface area (Å²) in [6.07, 6.45) is 0.156. The number of carboxylic acid groups (broad SMARTS) is 1. The van der Waals surface area contributed by atoms with Crippen molar-refractivity contribution in [3.05, 3.63) is 29.8 Å². The van der Waals surface area contributed by atoms with Gasteiger partial charge < -0.3 is 9.84 Å². The average molecular weight is 251 g/mol. The van der Waals surface area contributed by atoms with Crippen LogP contribution in [0.15, 0.2) is 24.3 Å². The molecular weight excluding hydrogens is 230 g/mol. The second kappa shape index (κ2) is 7.01. The smallest absolute Gasteiger partial charge is 0.304 e. The van der Waals surface area contributed by atoms with E-state index in [-0.39, 0.29) is 12.5 Å². The number of ether oxygens (including phenoxy) is 1. The third kappa shape index (κ3) is 4.04. The van der Waals surface area contributed by atoms with Crippen molar-refractivity contribution in [1.29, 1.82) is 0 Å². The minimum atomic E-state index is -0.763. The molecule has 4 heteroatoms. The third-order valence-electron chi connectivity index (χ3n) is 3.07. The highest BCUT2D eigenvalue weighted by atomic mass is 16.5. The Labute approximate surface area is 108 Å². The fraction of sp³-hybridized carbons (Fsp3) is 0.500. The SMILES string of the molecule is CCN(Cc1ccccc1OC)C(C)CC(=O)O. The maximum atomic E-state index is 10.8. The fourth-order valence-corrected chi connectivity index (χ4v) is 2.01. The van der Waals surface area contributed by atoms with Gasteiger partial charge in [0, 0.05) is 18.2 Å². The van der Waals surface area contributed by atoms with Crippen molar-refractivity contribution in [2.45, 2.75) is 32.9 Å². The maximum absolute atomic E-state index is 10.8. The van der Waals surface area contributed by atoms with Gasteiger partial charge in [0.15, 0.2) is 0 Å². The molecule has 100 valence electrons. The first kappa shape index (κ1) is 14.5. The summed E-state index contributed by atoms with van der Waals surface area (Å²) in [5, 5.41) is 8.84. The first-order chi connectivity index (χ1) is 8.58. The third-order valence-corrected chi connectivity index (χ3v) is 3.07. The minimum Gasteiger partial charge on any atom is -0.496 e. The summed E-state index contributed by atoms with van der Waals surface area (Å²) in [5.74, 6) is 0.0828. The highest BCUT2D eigenvalue weighted by Gasteiger charge is 2.16. The summed E-state index contributed by atoms with van der Waals surface area (Å²) < 4.78 is 5.31. The number of hydrogen-bond donors (Lipinski definition) is 1.